The van der Waals surface area contributed by atoms with Gasteiger partial charge in [-0.3, -0.25) is 9.78 Å². The molecule has 0 amide bonds. The molecule has 0 radical (unpaired) electrons. The quantitative estimate of drug-likeness (QED) is 0.826. The highest BCUT2D eigenvalue weighted by Crippen LogP contribution is 2.41. The Hall–Kier alpha value is -1.49. The predicted octanol–water partition coefficient (Wildman–Crippen LogP) is 2.27. The third kappa shape index (κ3) is 2.34. The molecule has 1 aliphatic rings. The summed E-state index contributed by atoms with van der Waals surface area (Å²) in [4.78, 5) is 16.2. The van der Waals surface area contributed by atoms with Crippen LogP contribution in [0.3, 0.4) is 0 Å². The van der Waals surface area contributed by atoms with Gasteiger partial charge in [0, 0.05) is 6.20 Å². The maximum Gasteiger partial charge on any atom is 0.323 e. The molecule has 0 aromatic carbocycles. The van der Waals surface area contributed by atoms with Crippen LogP contribution in [0.15, 0.2) is 24.4 Å². The molecular weight excluding hydrogens is 260 g/mol. The summed E-state index contributed by atoms with van der Waals surface area (Å²) in [5.41, 5.74) is 4.98. The number of hydrogen-bond donors (Lipinski definition) is 2. The van der Waals surface area contributed by atoms with Crippen LogP contribution in [0.5, 0.6) is 0 Å². The first-order valence-corrected chi connectivity index (χ1v) is 6.95. The summed E-state index contributed by atoms with van der Waals surface area (Å²) < 4.78 is 0. The van der Waals surface area contributed by atoms with Gasteiger partial charge in [-0.1, -0.05) is 37.5 Å². The summed E-state index contributed by atoms with van der Waals surface area (Å²) >= 11 is 5.13. The molecule has 1 saturated carbocycles. The van der Waals surface area contributed by atoms with Crippen molar-refractivity contribution in [1.82, 2.24) is 4.98 Å². The van der Waals surface area contributed by atoms with E-state index >= 15 is 0 Å². The van der Waals surface area contributed by atoms with E-state index in [1.807, 2.05) is 0 Å². The van der Waals surface area contributed by atoms with Crippen LogP contribution in [0, 0.1) is 5.92 Å². The summed E-state index contributed by atoms with van der Waals surface area (Å²) in [6.07, 6.45) is 6.45. The van der Waals surface area contributed by atoms with Crippen LogP contribution in [0.4, 0.5) is 0 Å². The van der Waals surface area contributed by atoms with E-state index in [-0.39, 0.29) is 10.9 Å². The van der Waals surface area contributed by atoms with Gasteiger partial charge in [0.05, 0.1) is 10.7 Å². The van der Waals surface area contributed by atoms with Gasteiger partial charge in [0.25, 0.3) is 0 Å². The van der Waals surface area contributed by atoms with Gasteiger partial charge in [0.15, 0.2) is 5.41 Å². The molecule has 1 aromatic heterocycles. The Balaban J connectivity index is 2.53. The molecule has 1 unspecified atom stereocenters. The molecule has 102 valence electrons. The van der Waals surface area contributed by atoms with E-state index in [0.717, 1.165) is 32.1 Å². The molecule has 5 heteroatoms. The summed E-state index contributed by atoms with van der Waals surface area (Å²) in [6.45, 7) is 0. The van der Waals surface area contributed by atoms with E-state index in [2.05, 4.69) is 4.98 Å². The zero-order valence-electron chi connectivity index (χ0n) is 10.7. The van der Waals surface area contributed by atoms with Crippen molar-refractivity contribution in [2.75, 3.05) is 0 Å². The van der Waals surface area contributed by atoms with Crippen LogP contribution in [0.2, 0.25) is 0 Å². The van der Waals surface area contributed by atoms with Crippen molar-refractivity contribution in [3.05, 3.63) is 30.1 Å². The highest BCUT2D eigenvalue weighted by molar-refractivity contribution is 7.80. The molecule has 0 bridgehead atoms. The van der Waals surface area contributed by atoms with Gasteiger partial charge in [0.2, 0.25) is 0 Å². The monoisotopic (exact) mass is 278 g/mol. The molecule has 0 aliphatic heterocycles. The summed E-state index contributed by atoms with van der Waals surface area (Å²) in [7, 11) is 0. The first-order valence-electron chi connectivity index (χ1n) is 6.55. The number of aliphatic carboxylic acids is 1. The van der Waals surface area contributed by atoms with E-state index in [0.29, 0.717) is 5.69 Å². The number of carboxylic acid groups (broad SMARTS) is 1. The second-order valence-electron chi connectivity index (χ2n) is 5.03. The molecular formula is C14H18N2O2S. The lowest BCUT2D eigenvalue weighted by molar-refractivity contribution is -0.143. The Kier molecular flexibility index (Phi) is 4.14. The number of pyridine rings is 1. The van der Waals surface area contributed by atoms with Crippen LogP contribution in [0.1, 0.15) is 37.8 Å². The van der Waals surface area contributed by atoms with Crippen molar-refractivity contribution in [2.45, 2.75) is 37.5 Å². The fourth-order valence-corrected chi connectivity index (χ4v) is 3.42. The van der Waals surface area contributed by atoms with Crippen molar-refractivity contribution >= 4 is 23.2 Å². The molecule has 0 saturated heterocycles. The van der Waals surface area contributed by atoms with E-state index < -0.39 is 11.4 Å². The predicted molar refractivity (Wildman–Crippen MR) is 76.9 cm³/mol. The Morgan fingerprint density at radius 3 is 2.53 bits per heavy atom. The van der Waals surface area contributed by atoms with Gasteiger partial charge in [0.1, 0.15) is 0 Å². The van der Waals surface area contributed by atoms with Crippen molar-refractivity contribution in [3.63, 3.8) is 0 Å². The minimum Gasteiger partial charge on any atom is -0.480 e. The number of nitrogens with zero attached hydrogens (tertiary/aromatic N) is 1. The van der Waals surface area contributed by atoms with Crippen molar-refractivity contribution in [1.29, 1.82) is 0 Å². The fraction of sp³-hybridized carbons (Fsp3) is 0.500. The Morgan fingerprint density at radius 2 is 2.05 bits per heavy atom. The number of hydrogen-bond acceptors (Lipinski definition) is 3. The number of rotatable bonds is 4. The minimum absolute atomic E-state index is 0.0191. The van der Waals surface area contributed by atoms with Gasteiger partial charge in [-0.25, -0.2) is 0 Å². The fourth-order valence-electron chi connectivity index (χ4n) is 3.06. The Bertz CT molecular complexity index is 456. The summed E-state index contributed by atoms with van der Waals surface area (Å²) in [5.74, 6) is -1.04. The van der Waals surface area contributed by atoms with Crippen molar-refractivity contribution < 1.29 is 9.90 Å². The maximum absolute atomic E-state index is 12.0. The molecule has 1 fully saturated rings. The van der Waals surface area contributed by atoms with Gasteiger partial charge >= 0.3 is 5.97 Å². The lowest BCUT2D eigenvalue weighted by atomic mass is 9.66. The van der Waals surface area contributed by atoms with E-state index in [4.69, 9.17) is 18.0 Å². The van der Waals surface area contributed by atoms with Crippen LogP contribution in [0.25, 0.3) is 0 Å². The first kappa shape index (κ1) is 13.9. The number of carbonyl (C=O) groups is 1. The second kappa shape index (κ2) is 5.65. The summed E-state index contributed by atoms with van der Waals surface area (Å²) in [6, 6.07) is 5.25. The topological polar surface area (TPSA) is 76.2 Å². The zero-order chi connectivity index (χ0) is 13.9. The molecule has 19 heavy (non-hydrogen) atoms. The maximum atomic E-state index is 12.0. The van der Waals surface area contributed by atoms with Crippen molar-refractivity contribution in [2.24, 2.45) is 11.7 Å². The molecule has 1 aliphatic carbocycles. The third-order valence-corrected chi connectivity index (χ3v) is 4.33. The second-order valence-corrected chi connectivity index (χ2v) is 5.47. The van der Waals surface area contributed by atoms with Crippen LogP contribution < -0.4 is 5.73 Å². The van der Waals surface area contributed by atoms with Gasteiger partial charge in [-0.2, -0.15) is 0 Å². The molecule has 0 spiro atoms. The van der Waals surface area contributed by atoms with Crippen LogP contribution >= 0.6 is 12.2 Å². The Morgan fingerprint density at radius 1 is 1.37 bits per heavy atom. The minimum atomic E-state index is -1.32. The summed E-state index contributed by atoms with van der Waals surface area (Å²) in [5, 5.41) is 9.79. The molecule has 2 rings (SSSR count). The number of nitrogens with two attached hydrogens (primary N) is 1. The number of thiocarbonyl (C=S) groups is 1. The standard InChI is InChI=1S/C14H18N2O2S/c15-12(19)14(13(17)18,10-6-2-1-3-7-10)11-8-4-5-9-16-11/h4-5,8-10H,1-3,6-7H2,(H2,15,19)(H,17,18). The first-order chi connectivity index (χ1) is 9.10. The van der Waals surface area contributed by atoms with E-state index in [1.165, 1.54) is 0 Å². The largest absolute Gasteiger partial charge is 0.480 e. The molecule has 1 aromatic rings. The number of carboxylic acids is 1. The smallest absolute Gasteiger partial charge is 0.323 e. The van der Waals surface area contributed by atoms with Crippen LogP contribution in [-0.2, 0) is 10.2 Å². The molecule has 3 N–H and O–H groups in total. The highest BCUT2D eigenvalue weighted by atomic mass is 32.1. The Labute approximate surface area is 118 Å². The van der Waals surface area contributed by atoms with Crippen molar-refractivity contribution in [3.8, 4) is 0 Å². The molecule has 1 heterocycles. The normalized spacial score (nSPS) is 19.6. The van der Waals surface area contributed by atoms with E-state index in [1.54, 1.807) is 24.4 Å². The molecule has 4 nitrogen and oxygen atoms in total. The number of aromatic nitrogens is 1. The highest BCUT2D eigenvalue weighted by Gasteiger charge is 2.51. The third-order valence-electron chi connectivity index (χ3n) is 4.01. The molecule has 1 atom stereocenters. The van der Waals surface area contributed by atoms with E-state index in [9.17, 15) is 9.90 Å². The average Bonchev–Trinajstić information content (AvgIpc) is 2.41. The van der Waals surface area contributed by atoms with Gasteiger partial charge < -0.3 is 10.8 Å². The van der Waals surface area contributed by atoms with Gasteiger partial charge in [-0.05, 0) is 30.9 Å². The van der Waals surface area contributed by atoms with Crippen LogP contribution in [-0.4, -0.2) is 21.0 Å². The lowest BCUT2D eigenvalue weighted by Crippen LogP contribution is -2.53. The van der Waals surface area contributed by atoms with Gasteiger partial charge in [-0.15, -0.1) is 0 Å². The SMILES string of the molecule is NC(=S)C(C(=O)O)(c1ccccn1)C1CCCCC1. The average molecular weight is 278 g/mol. The lowest BCUT2D eigenvalue weighted by Gasteiger charge is -2.38. The zero-order valence-corrected chi connectivity index (χ0v) is 11.5.